The summed E-state index contributed by atoms with van der Waals surface area (Å²) in [6.07, 6.45) is 1.88. The van der Waals surface area contributed by atoms with E-state index in [1.165, 1.54) is 0 Å². The Morgan fingerprint density at radius 3 is 2.45 bits per heavy atom. The highest BCUT2D eigenvalue weighted by Crippen LogP contribution is 2.13. The first-order valence-electron chi connectivity index (χ1n) is 6.22. The van der Waals surface area contributed by atoms with Crippen molar-refractivity contribution in [1.82, 2.24) is 9.97 Å². The number of fused-ring (bicyclic) bond motifs is 1. The van der Waals surface area contributed by atoms with Gasteiger partial charge in [0.15, 0.2) is 5.78 Å². The normalized spacial score (nSPS) is 10.7. The maximum Gasteiger partial charge on any atom is 0.187 e. The number of hydrogen-bond donors (Lipinski definition) is 0. The van der Waals surface area contributed by atoms with Crippen LogP contribution < -0.4 is 0 Å². The Labute approximate surface area is 124 Å². The second-order valence-corrected chi connectivity index (χ2v) is 5.39. The first-order valence-corrected chi connectivity index (χ1v) is 7.01. The molecule has 0 atom stereocenters. The summed E-state index contributed by atoms with van der Waals surface area (Å²) >= 11 is 3.38. The third-order valence-electron chi connectivity index (χ3n) is 3.01. The summed E-state index contributed by atoms with van der Waals surface area (Å²) < 4.78 is 0.999. The van der Waals surface area contributed by atoms with Crippen LogP contribution in [0.4, 0.5) is 0 Å². The fourth-order valence-electron chi connectivity index (χ4n) is 1.97. The van der Waals surface area contributed by atoms with Crippen LogP contribution in [0.25, 0.3) is 11.0 Å². The Morgan fingerprint density at radius 1 is 1.00 bits per heavy atom. The average molecular weight is 327 g/mol. The molecule has 3 rings (SSSR count). The van der Waals surface area contributed by atoms with Gasteiger partial charge in [-0.2, -0.15) is 0 Å². The van der Waals surface area contributed by atoms with Gasteiger partial charge in [0.05, 0.1) is 17.2 Å². The lowest BCUT2D eigenvalue weighted by molar-refractivity contribution is 0.0988. The molecule has 2 aromatic carbocycles. The predicted octanol–water partition coefficient (Wildman–Crippen LogP) is 3.82. The monoisotopic (exact) mass is 326 g/mol. The number of para-hydroxylation sites is 2. The SMILES string of the molecule is O=C(Cc1ccc(Br)cc1)c1cnc2ccccc2n1. The Balaban J connectivity index is 1.86. The lowest BCUT2D eigenvalue weighted by Gasteiger charge is -2.02. The van der Waals surface area contributed by atoms with Crippen LogP contribution in [0.5, 0.6) is 0 Å². The third kappa shape index (κ3) is 2.75. The van der Waals surface area contributed by atoms with Crippen molar-refractivity contribution in [3.8, 4) is 0 Å². The molecule has 0 aliphatic carbocycles. The number of nitrogens with zero attached hydrogens (tertiary/aromatic N) is 2. The van der Waals surface area contributed by atoms with E-state index in [0.717, 1.165) is 21.1 Å². The molecule has 0 N–H and O–H groups in total. The summed E-state index contributed by atoms with van der Waals surface area (Å²) in [6, 6.07) is 15.2. The summed E-state index contributed by atoms with van der Waals surface area (Å²) in [5.74, 6) is -0.0226. The van der Waals surface area contributed by atoms with E-state index >= 15 is 0 Å². The Kier molecular flexibility index (Phi) is 3.56. The molecule has 0 saturated carbocycles. The van der Waals surface area contributed by atoms with Crippen LogP contribution in [-0.2, 0) is 6.42 Å². The van der Waals surface area contributed by atoms with Gasteiger partial charge in [-0.15, -0.1) is 0 Å². The largest absolute Gasteiger partial charge is 0.292 e. The van der Waals surface area contributed by atoms with Crippen molar-refractivity contribution in [1.29, 1.82) is 0 Å². The summed E-state index contributed by atoms with van der Waals surface area (Å²) in [5.41, 5.74) is 2.92. The van der Waals surface area contributed by atoms with E-state index in [1.807, 2.05) is 48.5 Å². The first kappa shape index (κ1) is 12.9. The van der Waals surface area contributed by atoms with Crippen molar-refractivity contribution >= 4 is 32.7 Å². The van der Waals surface area contributed by atoms with E-state index < -0.39 is 0 Å². The smallest absolute Gasteiger partial charge is 0.187 e. The lowest BCUT2D eigenvalue weighted by atomic mass is 10.1. The van der Waals surface area contributed by atoms with Gasteiger partial charge in [0.2, 0.25) is 0 Å². The second-order valence-electron chi connectivity index (χ2n) is 4.47. The number of ketones is 1. The topological polar surface area (TPSA) is 42.9 Å². The molecule has 0 spiro atoms. The number of rotatable bonds is 3. The van der Waals surface area contributed by atoms with Crippen molar-refractivity contribution in [2.24, 2.45) is 0 Å². The number of halogens is 1. The summed E-state index contributed by atoms with van der Waals surface area (Å²) in [4.78, 5) is 20.9. The molecular weight excluding hydrogens is 316 g/mol. The van der Waals surface area contributed by atoms with Crippen LogP contribution in [0, 0.1) is 0 Å². The molecule has 0 aliphatic rings. The molecule has 0 aliphatic heterocycles. The van der Waals surface area contributed by atoms with Crippen LogP contribution in [0.2, 0.25) is 0 Å². The van der Waals surface area contributed by atoms with Crippen LogP contribution in [-0.4, -0.2) is 15.8 Å². The van der Waals surface area contributed by atoms with Crippen LogP contribution in [0.1, 0.15) is 16.1 Å². The number of aromatic nitrogens is 2. The predicted molar refractivity (Wildman–Crippen MR) is 81.7 cm³/mol. The minimum Gasteiger partial charge on any atom is -0.292 e. The van der Waals surface area contributed by atoms with E-state index in [9.17, 15) is 4.79 Å². The van der Waals surface area contributed by atoms with E-state index in [4.69, 9.17) is 0 Å². The average Bonchev–Trinajstić information content (AvgIpc) is 2.49. The van der Waals surface area contributed by atoms with Gasteiger partial charge in [-0.3, -0.25) is 9.78 Å². The molecule has 20 heavy (non-hydrogen) atoms. The maximum atomic E-state index is 12.2. The quantitative estimate of drug-likeness (QED) is 0.687. The number of hydrogen-bond acceptors (Lipinski definition) is 3. The number of carbonyl (C=O) groups is 1. The van der Waals surface area contributed by atoms with Crippen molar-refractivity contribution in [3.05, 3.63) is 70.5 Å². The minimum absolute atomic E-state index is 0.0226. The Hall–Kier alpha value is -2.07. The molecule has 1 heterocycles. The molecule has 98 valence electrons. The summed E-state index contributed by atoms with van der Waals surface area (Å²) in [6.45, 7) is 0. The molecule has 4 heteroatoms. The molecule has 0 amide bonds. The van der Waals surface area contributed by atoms with Gasteiger partial charge in [-0.25, -0.2) is 4.98 Å². The molecular formula is C16H11BrN2O. The molecule has 0 fully saturated rings. The molecule has 3 nitrogen and oxygen atoms in total. The van der Waals surface area contributed by atoms with Gasteiger partial charge in [-0.1, -0.05) is 40.2 Å². The van der Waals surface area contributed by atoms with Gasteiger partial charge in [-0.05, 0) is 29.8 Å². The number of carbonyl (C=O) groups excluding carboxylic acids is 1. The summed E-state index contributed by atoms with van der Waals surface area (Å²) in [5, 5.41) is 0. The van der Waals surface area contributed by atoms with E-state index in [0.29, 0.717) is 12.1 Å². The van der Waals surface area contributed by atoms with Crippen LogP contribution in [0.15, 0.2) is 59.2 Å². The molecule has 0 saturated heterocycles. The van der Waals surface area contributed by atoms with Crippen molar-refractivity contribution in [2.75, 3.05) is 0 Å². The van der Waals surface area contributed by atoms with Gasteiger partial charge in [0, 0.05) is 10.9 Å². The highest BCUT2D eigenvalue weighted by molar-refractivity contribution is 9.10. The Bertz CT molecular complexity index is 769. The standard InChI is InChI=1S/C16H11BrN2O/c17-12-7-5-11(6-8-12)9-16(20)15-10-18-13-3-1-2-4-14(13)19-15/h1-8,10H,9H2. The van der Waals surface area contributed by atoms with Crippen molar-refractivity contribution in [3.63, 3.8) is 0 Å². The fourth-order valence-corrected chi connectivity index (χ4v) is 2.23. The Morgan fingerprint density at radius 2 is 1.70 bits per heavy atom. The van der Waals surface area contributed by atoms with Crippen LogP contribution in [0.3, 0.4) is 0 Å². The molecule has 3 aromatic rings. The van der Waals surface area contributed by atoms with E-state index in [1.54, 1.807) is 6.20 Å². The highest BCUT2D eigenvalue weighted by Gasteiger charge is 2.10. The fraction of sp³-hybridized carbons (Fsp3) is 0.0625. The summed E-state index contributed by atoms with van der Waals surface area (Å²) in [7, 11) is 0. The molecule has 0 bridgehead atoms. The first-order chi connectivity index (χ1) is 9.72. The highest BCUT2D eigenvalue weighted by atomic mass is 79.9. The van der Waals surface area contributed by atoms with Crippen molar-refractivity contribution < 1.29 is 4.79 Å². The maximum absolute atomic E-state index is 12.2. The van der Waals surface area contributed by atoms with Gasteiger partial charge in [0.1, 0.15) is 5.69 Å². The zero-order valence-electron chi connectivity index (χ0n) is 10.6. The van der Waals surface area contributed by atoms with E-state index in [-0.39, 0.29) is 5.78 Å². The molecule has 0 unspecified atom stereocenters. The van der Waals surface area contributed by atoms with Gasteiger partial charge < -0.3 is 0 Å². The van der Waals surface area contributed by atoms with E-state index in [2.05, 4.69) is 25.9 Å². The van der Waals surface area contributed by atoms with Crippen LogP contribution >= 0.6 is 15.9 Å². The number of benzene rings is 2. The zero-order valence-corrected chi connectivity index (χ0v) is 12.2. The third-order valence-corrected chi connectivity index (χ3v) is 3.54. The molecule has 1 aromatic heterocycles. The van der Waals surface area contributed by atoms with Crippen molar-refractivity contribution in [2.45, 2.75) is 6.42 Å². The molecule has 0 radical (unpaired) electrons. The second kappa shape index (κ2) is 5.51. The van der Waals surface area contributed by atoms with Gasteiger partial charge in [0.25, 0.3) is 0 Å². The number of Topliss-reactive ketones (excluding diaryl/α,β-unsaturated/α-hetero) is 1. The van der Waals surface area contributed by atoms with Gasteiger partial charge >= 0.3 is 0 Å². The minimum atomic E-state index is -0.0226. The zero-order chi connectivity index (χ0) is 13.9. The lowest BCUT2D eigenvalue weighted by Crippen LogP contribution is -2.06.